The fourth-order valence-corrected chi connectivity index (χ4v) is 5.41. The van der Waals surface area contributed by atoms with Crippen molar-refractivity contribution in [3.63, 3.8) is 0 Å². The van der Waals surface area contributed by atoms with Crippen LogP contribution in [0.2, 0.25) is 0 Å². The Balaban J connectivity index is 1.19. The first-order chi connectivity index (χ1) is 18.5. The van der Waals surface area contributed by atoms with Gasteiger partial charge in [-0.3, -0.25) is 9.58 Å². The minimum atomic E-state index is -0.276. The Bertz CT molecular complexity index is 1530. The van der Waals surface area contributed by atoms with E-state index < -0.39 is 0 Å². The number of aliphatic hydroxyl groups excluding tert-OH is 1. The average Bonchev–Trinajstić information content (AvgIpc) is 3.55. The van der Waals surface area contributed by atoms with E-state index in [0.29, 0.717) is 0 Å². The third kappa shape index (κ3) is 5.21. The highest BCUT2D eigenvalue weighted by atomic mass is 16.3. The lowest BCUT2D eigenvalue weighted by molar-refractivity contribution is 0.123. The summed E-state index contributed by atoms with van der Waals surface area (Å²) in [6.07, 6.45) is 7.72. The Morgan fingerprint density at radius 3 is 2.53 bits per heavy atom. The molecule has 1 atom stereocenters. The Kier molecular flexibility index (Phi) is 6.70. The number of rotatable bonds is 7. The summed E-state index contributed by atoms with van der Waals surface area (Å²) in [5, 5.41) is 15.4. The molecule has 4 heterocycles. The second-order valence-electron chi connectivity index (χ2n) is 10.4. The van der Waals surface area contributed by atoms with E-state index in [1.165, 1.54) is 16.8 Å². The van der Waals surface area contributed by atoms with Crippen molar-refractivity contribution in [3.05, 3.63) is 90.5 Å². The second kappa shape index (κ2) is 10.4. The standard InChI is InChI=1S/C31H34N6O/c1-22-4-3-5-24(14-22)20-37-21-27(17-34-37)30-18-33-31-29(30)15-26(16-32-31)25-6-8-28(9-7-25)36-12-10-35(11-13-36)19-23(2)38/h3-9,14-18,21,23,38H,10-13,19-20H2,1-2H3,(H,32,33). The van der Waals surface area contributed by atoms with Gasteiger partial charge in [0.1, 0.15) is 5.65 Å². The van der Waals surface area contributed by atoms with Gasteiger partial charge in [0.25, 0.3) is 0 Å². The summed E-state index contributed by atoms with van der Waals surface area (Å²) in [4.78, 5) is 12.8. The highest BCUT2D eigenvalue weighted by Crippen LogP contribution is 2.31. The SMILES string of the molecule is Cc1cccc(Cn2cc(-c3c[nH]c4ncc(-c5ccc(N6CCN(CC(C)O)CC6)cc5)cc34)cn2)c1. The maximum absolute atomic E-state index is 9.66. The molecule has 1 unspecified atom stereocenters. The fraction of sp³-hybridized carbons (Fsp3) is 0.290. The number of hydrogen-bond donors (Lipinski definition) is 2. The van der Waals surface area contributed by atoms with Crippen LogP contribution in [0.25, 0.3) is 33.3 Å². The van der Waals surface area contributed by atoms with E-state index in [9.17, 15) is 5.11 Å². The number of anilines is 1. The molecule has 0 aliphatic carbocycles. The van der Waals surface area contributed by atoms with Crippen LogP contribution in [0.1, 0.15) is 18.1 Å². The Labute approximate surface area is 223 Å². The van der Waals surface area contributed by atoms with E-state index in [2.05, 4.69) is 87.6 Å². The number of aromatic nitrogens is 4. The van der Waals surface area contributed by atoms with E-state index in [4.69, 9.17) is 4.98 Å². The largest absolute Gasteiger partial charge is 0.392 e. The molecule has 0 saturated carbocycles. The zero-order valence-corrected chi connectivity index (χ0v) is 22.0. The summed E-state index contributed by atoms with van der Waals surface area (Å²) in [6.45, 7) is 9.37. The number of nitrogens with one attached hydrogen (secondary N) is 1. The van der Waals surface area contributed by atoms with Crippen molar-refractivity contribution < 1.29 is 5.11 Å². The van der Waals surface area contributed by atoms with E-state index in [1.54, 1.807) is 0 Å². The van der Waals surface area contributed by atoms with Gasteiger partial charge in [-0.1, -0.05) is 42.0 Å². The topological polar surface area (TPSA) is 73.2 Å². The van der Waals surface area contributed by atoms with Gasteiger partial charge >= 0.3 is 0 Å². The number of nitrogens with zero attached hydrogens (tertiary/aromatic N) is 5. The van der Waals surface area contributed by atoms with Crippen molar-refractivity contribution in [1.82, 2.24) is 24.6 Å². The number of aromatic amines is 1. The van der Waals surface area contributed by atoms with Crippen LogP contribution in [0.3, 0.4) is 0 Å². The van der Waals surface area contributed by atoms with E-state index >= 15 is 0 Å². The van der Waals surface area contributed by atoms with Crippen molar-refractivity contribution >= 4 is 16.7 Å². The van der Waals surface area contributed by atoms with E-state index in [0.717, 1.165) is 72.6 Å². The van der Waals surface area contributed by atoms with Crippen LogP contribution >= 0.6 is 0 Å². The molecule has 7 nitrogen and oxygen atoms in total. The smallest absolute Gasteiger partial charge is 0.137 e. The van der Waals surface area contributed by atoms with E-state index in [-0.39, 0.29) is 6.10 Å². The number of H-pyrrole nitrogens is 1. The Hall–Kier alpha value is -3.94. The van der Waals surface area contributed by atoms with Gasteiger partial charge in [-0.15, -0.1) is 0 Å². The van der Waals surface area contributed by atoms with Gasteiger partial charge in [0, 0.05) is 79.1 Å². The van der Waals surface area contributed by atoms with Crippen molar-refractivity contribution in [1.29, 1.82) is 0 Å². The first-order valence-corrected chi connectivity index (χ1v) is 13.3. The number of aliphatic hydroxyl groups is 1. The number of β-amino-alcohol motifs (C(OH)–C–C–N with tert-alkyl or cyclic N) is 1. The lowest BCUT2D eigenvalue weighted by atomic mass is 10.0. The molecule has 0 bridgehead atoms. The van der Waals surface area contributed by atoms with Crippen molar-refractivity contribution in [2.45, 2.75) is 26.5 Å². The van der Waals surface area contributed by atoms with Crippen LogP contribution in [0, 0.1) is 6.92 Å². The van der Waals surface area contributed by atoms with Gasteiger partial charge in [-0.2, -0.15) is 5.10 Å². The molecule has 1 fully saturated rings. The first kappa shape index (κ1) is 24.4. The van der Waals surface area contributed by atoms with Crippen LogP contribution in [0.15, 0.2) is 79.4 Å². The third-order valence-corrected chi connectivity index (χ3v) is 7.36. The summed E-state index contributed by atoms with van der Waals surface area (Å²) in [7, 11) is 0. The summed E-state index contributed by atoms with van der Waals surface area (Å²) < 4.78 is 1.99. The zero-order valence-electron chi connectivity index (χ0n) is 22.0. The molecule has 6 rings (SSSR count). The third-order valence-electron chi connectivity index (χ3n) is 7.36. The average molecular weight is 507 g/mol. The first-order valence-electron chi connectivity index (χ1n) is 13.3. The molecule has 0 radical (unpaired) electrons. The molecule has 5 aromatic rings. The molecule has 38 heavy (non-hydrogen) atoms. The number of fused-ring (bicyclic) bond motifs is 1. The highest BCUT2D eigenvalue weighted by Gasteiger charge is 2.18. The number of benzene rings is 2. The molecule has 7 heteroatoms. The molecule has 3 aromatic heterocycles. The quantitative estimate of drug-likeness (QED) is 0.327. The molecular formula is C31H34N6O. The van der Waals surface area contributed by atoms with Gasteiger partial charge in [0.2, 0.25) is 0 Å². The van der Waals surface area contributed by atoms with Crippen molar-refractivity contribution in [2.75, 3.05) is 37.6 Å². The minimum absolute atomic E-state index is 0.276. The van der Waals surface area contributed by atoms with Crippen LogP contribution < -0.4 is 4.90 Å². The fourth-order valence-electron chi connectivity index (χ4n) is 5.41. The van der Waals surface area contributed by atoms with Gasteiger partial charge in [0.05, 0.1) is 18.8 Å². The predicted molar refractivity (Wildman–Crippen MR) is 153 cm³/mol. The molecule has 1 aliphatic heterocycles. The summed E-state index contributed by atoms with van der Waals surface area (Å²) in [6, 6.07) is 19.5. The molecule has 2 N–H and O–H groups in total. The van der Waals surface area contributed by atoms with Crippen molar-refractivity contribution in [2.24, 2.45) is 0 Å². The molecule has 194 valence electrons. The molecule has 1 saturated heterocycles. The normalized spacial score (nSPS) is 15.3. The number of aryl methyl sites for hydroxylation is 1. The maximum atomic E-state index is 9.66. The Morgan fingerprint density at radius 2 is 1.76 bits per heavy atom. The van der Waals surface area contributed by atoms with Crippen LogP contribution in [0.4, 0.5) is 5.69 Å². The molecule has 1 aliphatic rings. The highest BCUT2D eigenvalue weighted by molar-refractivity contribution is 5.95. The number of piperazine rings is 1. The van der Waals surface area contributed by atoms with Crippen LogP contribution in [-0.2, 0) is 6.54 Å². The van der Waals surface area contributed by atoms with Crippen molar-refractivity contribution in [3.8, 4) is 22.3 Å². The molecule has 0 amide bonds. The summed E-state index contributed by atoms with van der Waals surface area (Å²) >= 11 is 0. The lowest BCUT2D eigenvalue weighted by Crippen LogP contribution is -2.48. The lowest BCUT2D eigenvalue weighted by Gasteiger charge is -2.36. The predicted octanol–water partition coefficient (Wildman–Crippen LogP) is 4.95. The minimum Gasteiger partial charge on any atom is -0.392 e. The number of hydrogen-bond acceptors (Lipinski definition) is 5. The summed E-state index contributed by atoms with van der Waals surface area (Å²) in [5.41, 5.74) is 9.05. The summed E-state index contributed by atoms with van der Waals surface area (Å²) in [5.74, 6) is 0. The second-order valence-corrected chi connectivity index (χ2v) is 10.4. The Morgan fingerprint density at radius 1 is 0.947 bits per heavy atom. The maximum Gasteiger partial charge on any atom is 0.137 e. The number of pyridine rings is 1. The van der Waals surface area contributed by atoms with Crippen LogP contribution in [0.5, 0.6) is 0 Å². The molecular weight excluding hydrogens is 472 g/mol. The monoisotopic (exact) mass is 506 g/mol. The van der Waals surface area contributed by atoms with Crippen LogP contribution in [-0.4, -0.2) is 68.6 Å². The van der Waals surface area contributed by atoms with E-state index in [1.807, 2.05) is 30.2 Å². The van der Waals surface area contributed by atoms with Gasteiger partial charge in [-0.05, 0) is 43.2 Å². The molecule has 0 spiro atoms. The zero-order chi connectivity index (χ0) is 26.1. The molecule has 2 aromatic carbocycles. The van der Waals surface area contributed by atoms with Gasteiger partial charge in [0.15, 0.2) is 0 Å². The van der Waals surface area contributed by atoms with Gasteiger partial charge < -0.3 is 15.0 Å². The van der Waals surface area contributed by atoms with Gasteiger partial charge in [-0.25, -0.2) is 4.98 Å².